The van der Waals surface area contributed by atoms with Crippen molar-refractivity contribution >= 4 is 44.9 Å². The number of nitrogens with zero attached hydrogens (tertiary/aromatic N) is 3. The number of hydrogen-bond acceptors (Lipinski definition) is 4. The van der Waals surface area contributed by atoms with Crippen LogP contribution in [0, 0.1) is 0 Å². The average Bonchev–Trinajstić information content (AvgIpc) is 3.21. The molecular weight excluding hydrogens is 308 g/mol. The number of nitrogens with one attached hydrogen (secondary N) is 1. The summed E-state index contributed by atoms with van der Waals surface area (Å²) in [6.07, 6.45) is 1.47. The van der Waals surface area contributed by atoms with E-state index in [9.17, 15) is 4.79 Å². The van der Waals surface area contributed by atoms with E-state index in [1.807, 2.05) is 24.3 Å². The molecule has 2 heterocycles. The number of amides is 1. The maximum Gasteiger partial charge on any atom is 0.269 e. The molecule has 1 N–H and O–H groups in total. The highest BCUT2D eigenvalue weighted by molar-refractivity contribution is 7.07. The second-order valence-electron chi connectivity index (χ2n) is 5.23. The van der Waals surface area contributed by atoms with E-state index in [2.05, 4.69) is 44.6 Å². The minimum atomic E-state index is -0.182. The van der Waals surface area contributed by atoms with Gasteiger partial charge in [0, 0.05) is 34.0 Å². The standard InChI is InChI=1S/C17H14N4OS/c1-2-21-14-6-4-3-5-12(14)13-9-11(7-8-15(13)21)19-17(22)16-10-18-20-23-16/h3-10H,2H2,1H3,(H,19,22). The van der Waals surface area contributed by atoms with Crippen LogP contribution in [0.15, 0.2) is 48.7 Å². The van der Waals surface area contributed by atoms with Gasteiger partial charge in [0.15, 0.2) is 0 Å². The van der Waals surface area contributed by atoms with Gasteiger partial charge in [0.1, 0.15) is 4.88 Å². The van der Waals surface area contributed by atoms with Gasteiger partial charge >= 0.3 is 0 Å². The molecule has 0 fully saturated rings. The molecule has 0 aliphatic rings. The zero-order chi connectivity index (χ0) is 15.8. The molecule has 0 saturated carbocycles. The number of hydrogen-bond donors (Lipinski definition) is 1. The summed E-state index contributed by atoms with van der Waals surface area (Å²) in [5.74, 6) is -0.182. The van der Waals surface area contributed by atoms with Gasteiger partial charge in [-0.2, -0.15) is 0 Å². The van der Waals surface area contributed by atoms with Crippen molar-refractivity contribution in [3.05, 3.63) is 53.5 Å². The van der Waals surface area contributed by atoms with Crippen LogP contribution in [-0.2, 0) is 6.54 Å². The minimum Gasteiger partial charge on any atom is -0.341 e. The molecule has 114 valence electrons. The first kappa shape index (κ1) is 13.9. The predicted octanol–water partition coefficient (Wildman–Crippen LogP) is 3.92. The lowest BCUT2D eigenvalue weighted by Gasteiger charge is -2.05. The van der Waals surface area contributed by atoms with Crippen molar-refractivity contribution in [2.24, 2.45) is 0 Å². The molecule has 0 spiro atoms. The summed E-state index contributed by atoms with van der Waals surface area (Å²) in [7, 11) is 0. The number of fused-ring (bicyclic) bond motifs is 3. The zero-order valence-electron chi connectivity index (χ0n) is 12.5. The van der Waals surface area contributed by atoms with Crippen molar-refractivity contribution in [3.63, 3.8) is 0 Å². The summed E-state index contributed by atoms with van der Waals surface area (Å²) < 4.78 is 6.00. The van der Waals surface area contributed by atoms with Gasteiger partial charge in [-0.25, -0.2) is 0 Å². The first-order valence-electron chi connectivity index (χ1n) is 7.37. The molecule has 0 bridgehead atoms. The highest BCUT2D eigenvalue weighted by atomic mass is 32.1. The van der Waals surface area contributed by atoms with Crippen molar-refractivity contribution in [3.8, 4) is 0 Å². The summed E-state index contributed by atoms with van der Waals surface area (Å²) in [5.41, 5.74) is 3.15. The third kappa shape index (κ3) is 2.27. The van der Waals surface area contributed by atoms with Crippen LogP contribution in [0.3, 0.4) is 0 Å². The minimum absolute atomic E-state index is 0.182. The van der Waals surface area contributed by atoms with Gasteiger partial charge in [0.25, 0.3) is 5.91 Å². The van der Waals surface area contributed by atoms with Crippen LogP contribution in [0.4, 0.5) is 5.69 Å². The molecule has 0 unspecified atom stereocenters. The number of carbonyl (C=O) groups excluding carboxylic acids is 1. The molecular formula is C17H14N4OS. The van der Waals surface area contributed by atoms with Crippen LogP contribution in [-0.4, -0.2) is 20.1 Å². The van der Waals surface area contributed by atoms with Gasteiger partial charge in [-0.05, 0) is 42.7 Å². The van der Waals surface area contributed by atoms with E-state index in [4.69, 9.17) is 0 Å². The Labute approximate surface area is 136 Å². The highest BCUT2D eigenvalue weighted by Gasteiger charge is 2.12. The van der Waals surface area contributed by atoms with Crippen molar-refractivity contribution in [2.75, 3.05) is 5.32 Å². The van der Waals surface area contributed by atoms with E-state index < -0.39 is 0 Å². The molecule has 2 aromatic carbocycles. The number of aryl methyl sites for hydroxylation is 1. The SMILES string of the molecule is CCn1c2ccccc2c2cc(NC(=O)c3cnns3)ccc21. The Balaban J connectivity index is 1.81. The highest BCUT2D eigenvalue weighted by Crippen LogP contribution is 2.31. The topological polar surface area (TPSA) is 59.8 Å². The van der Waals surface area contributed by atoms with E-state index >= 15 is 0 Å². The van der Waals surface area contributed by atoms with E-state index in [1.165, 1.54) is 22.6 Å². The average molecular weight is 322 g/mol. The van der Waals surface area contributed by atoms with Crippen LogP contribution in [0.2, 0.25) is 0 Å². The Morgan fingerprint density at radius 3 is 2.78 bits per heavy atom. The summed E-state index contributed by atoms with van der Waals surface area (Å²) in [6, 6.07) is 14.3. The third-order valence-electron chi connectivity index (χ3n) is 3.93. The number of anilines is 1. The molecule has 0 saturated heterocycles. The van der Waals surface area contributed by atoms with Crippen LogP contribution in [0.5, 0.6) is 0 Å². The lowest BCUT2D eigenvalue weighted by Crippen LogP contribution is -2.09. The lowest BCUT2D eigenvalue weighted by molar-refractivity contribution is 0.103. The number of aromatic nitrogens is 3. The first-order valence-corrected chi connectivity index (χ1v) is 8.15. The van der Waals surface area contributed by atoms with Gasteiger partial charge < -0.3 is 9.88 Å². The lowest BCUT2D eigenvalue weighted by atomic mass is 10.1. The third-order valence-corrected chi connectivity index (χ3v) is 4.59. The van der Waals surface area contributed by atoms with Crippen molar-refractivity contribution in [1.82, 2.24) is 14.2 Å². The monoisotopic (exact) mass is 322 g/mol. The molecule has 2 aromatic heterocycles. The largest absolute Gasteiger partial charge is 0.341 e. The quantitative estimate of drug-likeness (QED) is 0.622. The molecule has 0 aliphatic carbocycles. The first-order chi connectivity index (χ1) is 11.3. The zero-order valence-corrected chi connectivity index (χ0v) is 13.3. The van der Waals surface area contributed by atoms with Crippen LogP contribution < -0.4 is 5.32 Å². The molecule has 0 radical (unpaired) electrons. The smallest absolute Gasteiger partial charge is 0.269 e. The number of para-hydroxylation sites is 1. The van der Waals surface area contributed by atoms with Crippen molar-refractivity contribution in [2.45, 2.75) is 13.5 Å². The molecule has 23 heavy (non-hydrogen) atoms. The fraction of sp³-hybridized carbons (Fsp3) is 0.118. The van der Waals surface area contributed by atoms with Crippen molar-refractivity contribution < 1.29 is 4.79 Å². The van der Waals surface area contributed by atoms with Crippen LogP contribution in [0.1, 0.15) is 16.6 Å². The fourth-order valence-electron chi connectivity index (χ4n) is 2.93. The van der Waals surface area contributed by atoms with Crippen LogP contribution >= 0.6 is 11.5 Å². The maximum atomic E-state index is 12.2. The Bertz CT molecular complexity index is 1000. The van der Waals surface area contributed by atoms with E-state index in [0.717, 1.165) is 29.2 Å². The summed E-state index contributed by atoms with van der Waals surface area (Å²) in [4.78, 5) is 12.7. The van der Waals surface area contributed by atoms with Gasteiger partial charge in [-0.15, -0.1) is 5.10 Å². The molecule has 6 heteroatoms. The Morgan fingerprint density at radius 1 is 1.17 bits per heavy atom. The normalized spacial score (nSPS) is 11.2. The maximum absolute atomic E-state index is 12.2. The summed E-state index contributed by atoms with van der Waals surface area (Å²) in [6.45, 7) is 3.04. The Hall–Kier alpha value is -2.73. The molecule has 1 amide bonds. The van der Waals surface area contributed by atoms with Crippen LogP contribution in [0.25, 0.3) is 21.8 Å². The molecule has 0 atom stereocenters. The summed E-state index contributed by atoms with van der Waals surface area (Å²) in [5, 5.41) is 8.94. The molecule has 4 aromatic rings. The van der Waals surface area contributed by atoms with Gasteiger partial charge in [-0.1, -0.05) is 22.7 Å². The second-order valence-corrected chi connectivity index (χ2v) is 6.01. The van der Waals surface area contributed by atoms with E-state index in [-0.39, 0.29) is 5.91 Å². The fourth-order valence-corrected chi connectivity index (χ4v) is 3.34. The Morgan fingerprint density at radius 2 is 2.00 bits per heavy atom. The molecule has 5 nitrogen and oxygen atoms in total. The number of rotatable bonds is 3. The van der Waals surface area contributed by atoms with E-state index in [0.29, 0.717) is 4.88 Å². The summed E-state index contributed by atoms with van der Waals surface area (Å²) >= 11 is 1.09. The molecule has 4 rings (SSSR count). The number of carbonyl (C=O) groups is 1. The van der Waals surface area contributed by atoms with E-state index in [1.54, 1.807) is 0 Å². The van der Waals surface area contributed by atoms with Gasteiger partial charge in [-0.3, -0.25) is 4.79 Å². The second kappa shape index (κ2) is 5.48. The predicted molar refractivity (Wildman–Crippen MR) is 93.0 cm³/mol. The Kier molecular flexibility index (Phi) is 3.31. The van der Waals surface area contributed by atoms with Gasteiger partial charge in [0.2, 0.25) is 0 Å². The molecule has 0 aliphatic heterocycles. The number of benzene rings is 2. The van der Waals surface area contributed by atoms with Crippen molar-refractivity contribution in [1.29, 1.82) is 0 Å². The van der Waals surface area contributed by atoms with Gasteiger partial charge in [0.05, 0.1) is 6.20 Å².